The third kappa shape index (κ3) is 5.15. The Morgan fingerprint density at radius 1 is 1.29 bits per heavy atom. The van der Waals surface area contributed by atoms with Gasteiger partial charge in [-0.3, -0.25) is 19.8 Å². The van der Waals surface area contributed by atoms with Gasteiger partial charge in [0.2, 0.25) is 0 Å². The molecule has 3 rings (SSSR count). The first-order valence-corrected chi connectivity index (χ1v) is 9.47. The van der Waals surface area contributed by atoms with E-state index in [1.807, 2.05) is 18.2 Å². The molecule has 0 bridgehead atoms. The van der Waals surface area contributed by atoms with Crippen LogP contribution in [-0.2, 0) is 4.74 Å². The van der Waals surface area contributed by atoms with Gasteiger partial charge in [-0.15, -0.1) is 0 Å². The number of hydrogen-bond acceptors (Lipinski definition) is 5. The minimum absolute atomic E-state index is 0.0248. The van der Waals surface area contributed by atoms with Crippen molar-refractivity contribution in [2.75, 3.05) is 32.8 Å². The second-order valence-corrected chi connectivity index (χ2v) is 6.94. The summed E-state index contributed by atoms with van der Waals surface area (Å²) in [6.07, 6.45) is 0.923. The Hall–Kier alpha value is -2.77. The number of morpholine rings is 1. The summed E-state index contributed by atoms with van der Waals surface area (Å²) < 4.78 is 5.87. The Bertz CT molecular complexity index is 826. The van der Waals surface area contributed by atoms with Crippen molar-refractivity contribution in [1.29, 1.82) is 0 Å². The molecule has 0 aromatic heterocycles. The lowest BCUT2D eigenvalue weighted by molar-refractivity contribution is -0.385. The number of hydrogen-bond donors (Lipinski definition) is 1. The summed E-state index contributed by atoms with van der Waals surface area (Å²) in [6, 6.07) is 14.6. The Morgan fingerprint density at radius 2 is 2.07 bits per heavy atom. The number of ether oxygens (including phenoxy) is 1. The summed E-state index contributed by atoms with van der Waals surface area (Å²) >= 11 is 0. The molecule has 0 radical (unpaired) electrons. The molecule has 1 amide bonds. The normalized spacial score (nSPS) is 17.2. The second kappa shape index (κ2) is 9.43. The van der Waals surface area contributed by atoms with Gasteiger partial charge in [-0.1, -0.05) is 30.3 Å². The number of nitro groups is 1. The Labute approximate surface area is 164 Å². The molecule has 1 aliphatic heterocycles. The van der Waals surface area contributed by atoms with Crippen molar-refractivity contribution in [3.8, 4) is 0 Å². The number of aryl methyl sites for hydroxylation is 1. The highest BCUT2D eigenvalue weighted by molar-refractivity contribution is 5.94. The van der Waals surface area contributed by atoms with Gasteiger partial charge in [0.15, 0.2) is 0 Å². The summed E-state index contributed by atoms with van der Waals surface area (Å²) in [6.45, 7) is 5.51. The van der Waals surface area contributed by atoms with Crippen molar-refractivity contribution < 1.29 is 14.5 Å². The Balaban J connectivity index is 1.43. The van der Waals surface area contributed by atoms with Crippen LogP contribution in [0.5, 0.6) is 0 Å². The van der Waals surface area contributed by atoms with E-state index in [1.165, 1.54) is 17.7 Å². The largest absolute Gasteiger partial charge is 0.371 e. The van der Waals surface area contributed by atoms with Gasteiger partial charge in [0.05, 0.1) is 17.6 Å². The number of rotatable bonds is 7. The van der Waals surface area contributed by atoms with Gasteiger partial charge in [-0.2, -0.15) is 0 Å². The smallest absolute Gasteiger partial charge is 0.272 e. The Kier molecular flexibility index (Phi) is 6.73. The van der Waals surface area contributed by atoms with E-state index < -0.39 is 4.92 Å². The van der Waals surface area contributed by atoms with Crippen molar-refractivity contribution in [3.05, 3.63) is 75.3 Å². The molecule has 1 unspecified atom stereocenters. The number of nitrogens with zero attached hydrogens (tertiary/aromatic N) is 2. The molecule has 28 heavy (non-hydrogen) atoms. The summed E-state index contributed by atoms with van der Waals surface area (Å²) in [5.41, 5.74) is 2.14. The van der Waals surface area contributed by atoms with Gasteiger partial charge in [-0.25, -0.2) is 0 Å². The van der Waals surface area contributed by atoms with E-state index >= 15 is 0 Å². The van der Waals surface area contributed by atoms with Crippen LogP contribution in [0.15, 0.2) is 48.5 Å². The summed E-state index contributed by atoms with van der Waals surface area (Å²) in [5.74, 6) is -0.206. The van der Waals surface area contributed by atoms with Crippen LogP contribution < -0.4 is 5.32 Å². The lowest BCUT2D eigenvalue weighted by Gasteiger charge is -2.33. The average Bonchev–Trinajstić information content (AvgIpc) is 2.71. The summed E-state index contributed by atoms with van der Waals surface area (Å²) in [5, 5.41) is 13.8. The molecular formula is C21H25N3O4. The second-order valence-electron chi connectivity index (χ2n) is 6.94. The maximum Gasteiger partial charge on any atom is 0.272 e. The van der Waals surface area contributed by atoms with Crippen LogP contribution in [0.3, 0.4) is 0 Å². The van der Waals surface area contributed by atoms with E-state index in [-0.39, 0.29) is 17.7 Å². The number of carbonyl (C=O) groups is 1. The van der Waals surface area contributed by atoms with Crippen molar-refractivity contribution in [3.63, 3.8) is 0 Å². The van der Waals surface area contributed by atoms with E-state index in [0.717, 1.165) is 26.1 Å². The number of benzene rings is 2. The molecule has 7 nitrogen and oxygen atoms in total. The minimum atomic E-state index is -0.442. The molecule has 1 heterocycles. The highest BCUT2D eigenvalue weighted by atomic mass is 16.6. The average molecular weight is 383 g/mol. The van der Waals surface area contributed by atoms with Crippen LogP contribution in [0.1, 0.15) is 34.0 Å². The molecule has 1 atom stereocenters. The number of amides is 1. The summed E-state index contributed by atoms with van der Waals surface area (Å²) in [4.78, 5) is 25.0. The molecule has 0 aliphatic carbocycles. The maximum absolute atomic E-state index is 12.3. The quantitative estimate of drug-likeness (QED) is 0.451. The molecule has 1 aliphatic rings. The zero-order valence-electron chi connectivity index (χ0n) is 16.0. The topological polar surface area (TPSA) is 84.7 Å². The van der Waals surface area contributed by atoms with Gasteiger partial charge < -0.3 is 10.1 Å². The predicted molar refractivity (Wildman–Crippen MR) is 106 cm³/mol. The van der Waals surface area contributed by atoms with Crippen molar-refractivity contribution in [2.24, 2.45) is 0 Å². The highest BCUT2D eigenvalue weighted by Crippen LogP contribution is 2.22. The van der Waals surface area contributed by atoms with Crippen LogP contribution in [0.4, 0.5) is 5.69 Å². The van der Waals surface area contributed by atoms with Crippen LogP contribution in [-0.4, -0.2) is 48.5 Å². The maximum atomic E-state index is 12.3. The molecule has 1 fully saturated rings. The first-order chi connectivity index (χ1) is 13.5. The molecular weight excluding hydrogens is 358 g/mol. The van der Waals surface area contributed by atoms with Gasteiger partial charge in [0, 0.05) is 43.4 Å². The van der Waals surface area contributed by atoms with Crippen LogP contribution >= 0.6 is 0 Å². The first kappa shape index (κ1) is 20.0. The van der Waals surface area contributed by atoms with Crippen molar-refractivity contribution in [1.82, 2.24) is 10.2 Å². The monoisotopic (exact) mass is 383 g/mol. The fourth-order valence-corrected chi connectivity index (χ4v) is 3.38. The summed E-state index contributed by atoms with van der Waals surface area (Å²) in [7, 11) is 0. The van der Waals surface area contributed by atoms with Gasteiger partial charge in [0.25, 0.3) is 11.6 Å². The molecule has 1 saturated heterocycles. The highest BCUT2D eigenvalue weighted by Gasteiger charge is 2.21. The fraction of sp³-hybridized carbons (Fsp3) is 0.381. The SMILES string of the molecule is Cc1cc(C(=O)NCCCN2CCOC(c3ccccc3)C2)ccc1[N+](=O)[O-]. The molecule has 2 aromatic carbocycles. The molecule has 7 heteroatoms. The molecule has 1 N–H and O–H groups in total. The predicted octanol–water partition coefficient (Wildman–Crippen LogP) is 3.10. The number of carbonyl (C=O) groups excluding carboxylic acids is 1. The van der Waals surface area contributed by atoms with Crippen LogP contribution in [0, 0.1) is 17.0 Å². The molecule has 0 saturated carbocycles. The fourth-order valence-electron chi connectivity index (χ4n) is 3.38. The lowest BCUT2D eigenvalue weighted by atomic mass is 10.1. The van der Waals surface area contributed by atoms with Crippen molar-refractivity contribution in [2.45, 2.75) is 19.4 Å². The zero-order chi connectivity index (χ0) is 19.9. The minimum Gasteiger partial charge on any atom is -0.371 e. The zero-order valence-corrected chi connectivity index (χ0v) is 16.0. The van der Waals surface area contributed by atoms with E-state index in [0.29, 0.717) is 24.3 Å². The molecule has 2 aromatic rings. The van der Waals surface area contributed by atoms with E-state index in [1.54, 1.807) is 13.0 Å². The van der Waals surface area contributed by atoms with Gasteiger partial charge in [0.1, 0.15) is 0 Å². The van der Waals surface area contributed by atoms with Crippen LogP contribution in [0.25, 0.3) is 0 Å². The number of nitrogens with one attached hydrogen (secondary N) is 1. The Morgan fingerprint density at radius 3 is 2.79 bits per heavy atom. The third-order valence-electron chi connectivity index (χ3n) is 4.91. The van der Waals surface area contributed by atoms with Gasteiger partial charge in [-0.05, 0) is 31.0 Å². The number of nitro benzene ring substituents is 1. The van der Waals surface area contributed by atoms with Crippen molar-refractivity contribution >= 4 is 11.6 Å². The lowest BCUT2D eigenvalue weighted by Crippen LogP contribution is -2.39. The van der Waals surface area contributed by atoms with Crippen LogP contribution in [0.2, 0.25) is 0 Å². The third-order valence-corrected chi connectivity index (χ3v) is 4.91. The van der Waals surface area contributed by atoms with E-state index in [2.05, 4.69) is 22.3 Å². The first-order valence-electron chi connectivity index (χ1n) is 9.47. The standard InChI is InChI=1S/C21H25N3O4/c1-16-14-18(8-9-19(16)24(26)27)21(25)22-10-5-11-23-12-13-28-20(15-23)17-6-3-2-4-7-17/h2-4,6-9,14,20H,5,10-13,15H2,1H3,(H,22,25). The van der Waals surface area contributed by atoms with E-state index in [9.17, 15) is 14.9 Å². The molecule has 0 spiro atoms. The van der Waals surface area contributed by atoms with Gasteiger partial charge >= 0.3 is 0 Å². The van der Waals surface area contributed by atoms with E-state index in [4.69, 9.17) is 4.74 Å². The molecule has 148 valence electrons.